The van der Waals surface area contributed by atoms with Crippen LogP contribution in [0, 0.1) is 0 Å². The van der Waals surface area contributed by atoms with Gasteiger partial charge in [0.25, 0.3) is 0 Å². The third-order valence-electron chi connectivity index (χ3n) is 6.70. The van der Waals surface area contributed by atoms with E-state index in [1.807, 2.05) is 24.3 Å². The Labute approximate surface area is 238 Å². The van der Waals surface area contributed by atoms with Gasteiger partial charge in [0, 0.05) is 38.6 Å². The maximum absolute atomic E-state index is 3.88. The number of hydrogen-bond acceptors (Lipinski definition) is 2. The Bertz CT molecular complexity index is 1560. The summed E-state index contributed by atoms with van der Waals surface area (Å²) in [4.78, 5) is 4.55. The van der Waals surface area contributed by atoms with Crippen LogP contribution in [0.5, 0.6) is 0 Å². The quantitative estimate of drug-likeness (QED) is 0.189. The van der Waals surface area contributed by atoms with Crippen LogP contribution in [0.2, 0.25) is 0 Å². The monoisotopic (exact) mass is 566 g/mol. The van der Waals surface area contributed by atoms with Crippen molar-refractivity contribution in [3.63, 3.8) is 0 Å². The lowest BCUT2D eigenvalue weighted by atomic mass is 10.0. The van der Waals surface area contributed by atoms with Gasteiger partial charge in [0.05, 0.1) is 0 Å². The van der Waals surface area contributed by atoms with Crippen molar-refractivity contribution in [3.05, 3.63) is 168 Å². The molecular formula is C36H27BrN2. The van der Waals surface area contributed by atoms with Gasteiger partial charge in [0.15, 0.2) is 0 Å². The van der Waals surface area contributed by atoms with Crippen molar-refractivity contribution < 1.29 is 0 Å². The summed E-state index contributed by atoms with van der Waals surface area (Å²) in [6.45, 7) is 0. The van der Waals surface area contributed by atoms with Gasteiger partial charge in [-0.2, -0.15) is 0 Å². The van der Waals surface area contributed by atoms with E-state index in [1.165, 1.54) is 0 Å². The molecule has 0 heterocycles. The molecule has 2 nitrogen and oxygen atoms in total. The lowest BCUT2D eigenvalue weighted by Crippen LogP contribution is -2.10. The fourth-order valence-corrected chi connectivity index (χ4v) is 5.47. The summed E-state index contributed by atoms with van der Waals surface area (Å²) in [6, 6.07) is 57.3. The topological polar surface area (TPSA) is 6.48 Å². The first-order chi connectivity index (χ1) is 19.3. The van der Waals surface area contributed by atoms with Crippen molar-refractivity contribution in [1.29, 1.82) is 0 Å². The second kappa shape index (κ2) is 11.4. The summed E-state index contributed by atoms with van der Waals surface area (Å²) < 4.78 is 1.05. The van der Waals surface area contributed by atoms with Crippen LogP contribution >= 0.6 is 15.9 Å². The number of hydrogen-bond donors (Lipinski definition) is 0. The van der Waals surface area contributed by atoms with Crippen molar-refractivity contribution in [2.45, 2.75) is 0 Å². The van der Waals surface area contributed by atoms with Crippen molar-refractivity contribution in [3.8, 4) is 11.1 Å². The van der Waals surface area contributed by atoms with E-state index < -0.39 is 0 Å². The summed E-state index contributed by atoms with van der Waals surface area (Å²) in [7, 11) is 0. The number of rotatable bonds is 7. The van der Waals surface area contributed by atoms with Gasteiger partial charge < -0.3 is 9.80 Å². The largest absolute Gasteiger partial charge is 0.311 e. The molecule has 3 heteroatoms. The molecule has 6 rings (SSSR count). The molecule has 39 heavy (non-hydrogen) atoms. The number of nitrogens with zero attached hydrogens (tertiary/aromatic N) is 2. The highest BCUT2D eigenvalue weighted by Crippen LogP contribution is 2.40. The molecule has 0 N–H and O–H groups in total. The molecule has 0 aliphatic heterocycles. The number of halogens is 1. The van der Waals surface area contributed by atoms with Crippen molar-refractivity contribution >= 4 is 50.1 Å². The summed E-state index contributed by atoms with van der Waals surface area (Å²) in [5, 5.41) is 0. The van der Waals surface area contributed by atoms with Crippen LogP contribution in [-0.2, 0) is 0 Å². The van der Waals surface area contributed by atoms with E-state index in [4.69, 9.17) is 0 Å². The van der Waals surface area contributed by atoms with Gasteiger partial charge >= 0.3 is 0 Å². The van der Waals surface area contributed by atoms with Gasteiger partial charge in [-0.15, -0.1) is 0 Å². The highest BCUT2D eigenvalue weighted by molar-refractivity contribution is 9.10. The lowest BCUT2D eigenvalue weighted by molar-refractivity contribution is 1.28. The van der Waals surface area contributed by atoms with Gasteiger partial charge in [-0.1, -0.05) is 107 Å². The molecule has 0 radical (unpaired) electrons. The predicted molar refractivity (Wildman–Crippen MR) is 169 cm³/mol. The Morgan fingerprint density at radius 3 is 1.05 bits per heavy atom. The molecule has 0 amide bonds. The average molecular weight is 568 g/mol. The van der Waals surface area contributed by atoms with Crippen LogP contribution in [0.25, 0.3) is 11.1 Å². The first-order valence-corrected chi connectivity index (χ1v) is 13.8. The van der Waals surface area contributed by atoms with Crippen molar-refractivity contribution in [2.24, 2.45) is 0 Å². The summed E-state index contributed by atoms with van der Waals surface area (Å²) in [6.07, 6.45) is 0. The number of benzene rings is 6. The molecule has 0 aliphatic carbocycles. The van der Waals surface area contributed by atoms with Crippen LogP contribution in [0.3, 0.4) is 0 Å². The van der Waals surface area contributed by atoms with E-state index in [9.17, 15) is 0 Å². The van der Waals surface area contributed by atoms with E-state index in [0.717, 1.165) is 49.7 Å². The van der Waals surface area contributed by atoms with E-state index in [2.05, 4.69) is 165 Å². The number of para-hydroxylation sites is 4. The van der Waals surface area contributed by atoms with Crippen LogP contribution in [0.4, 0.5) is 34.1 Å². The lowest BCUT2D eigenvalue weighted by Gasteiger charge is -2.26. The van der Waals surface area contributed by atoms with Gasteiger partial charge in [0.2, 0.25) is 0 Å². The third-order valence-corrected chi connectivity index (χ3v) is 7.36. The zero-order chi connectivity index (χ0) is 26.4. The van der Waals surface area contributed by atoms with Crippen molar-refractivity contribution in [1.82, 2.24) is 0 Å². The highest BCUT2D eigenvalue weighted by Gasteiger charge is 2.15. The molecule has 188 valence electrons. The van der Waals surface area contributed by atoms with Crippen LogP contribution in [0.15, 0.2) is 168 Å². The molecule has 0 unspecified atom stereocenters. The minimum Gasteiger partial charge on any atom is -0.311 e. The summed E-state index contributed by atoms with van der Waals surface area (Å²) in [5.41, 5.74) is 9.01. The minimum atomic E-state index is 1.05. The Hall–Kier alpha value is -4.60. The maximum Gasteiger partial charge on any atom is 0.0473 e. The van der Waals surface area contributed by atoms with Crippen LogP contribution < -0.4 is 9.80 Å². The summed E-state index contributed by atoms with van der Waals surface area (Å²) in [5.74, 6) is 0. The van der Waals surface area contributed by atoms with E-state index >= 15 is 0 Å². The van der Waals surface area contributed by atoms with Gasteiger partial charge in [-0.05, 0) is 83.9 Å². The molecule has 0 saturated carbocycles. The second-order valence-electron chi connectivity index (χ2n) is 9.22. The molecule has 0 atom stereocenters. The van der Waals surface area contributed by atoms with Gasteiger partial charge in [-0.3, -0.25) is 0 Å². The smallest absolute Gasteiger partial charge is 0.0473 e. The number of anilines is 6. The van der Waals surface area contributed by atoms with Crippen LogP contribution in [0.1, 0.15) is 0 Å². The molecule has 6 aromatic carbocycles. The highest BCUT2D eigenvalue weighted by atomic mass is 79.9. The Balaban J connectivity index is 1.35. The first kappa shape index (κ1) is 24.7. The average Bonchev–Trinajstić information content (AvgIpc) is 3.00. The van der Waals surface area contributed by atoms with Gasteiger partial charge in [0.1, 0.15) is 0 Å². The standard InChI is InChI=1S/C36H27BrN2/c37-36-27-34(39(31-17-9-3-10-18-31)32-19-11-4-12-20-32)25-26-35(36)28-21-23-33(24-22-28)38(29-13-5-1-6-14-29)30-15-7-2-8-16-30/h1-27H. The molecule has 0 saturated heterocycles. The molecule has 0 spiro atoms. The molecule has 0 aliphatic rings. The normalized spacial score (nSPS) is 10.7. The first-order valence-electron chi connectivity index (χ1n) is 13.0. The van der Waals surface area contributed by atoms with E-state index in [-0.39, 0.29) is 0 Å². The molecule has 0 fully saturated rings. The minimum absolute atomic E-state index is 1.05. The van der Waals surface area contributed by atoms with E-state index in [1.54, 1.807) is 0 Å². The van der Waals surface area contributed by atoms with Crippen LogP contribution in [-0.4, -0.2) is 0 Å². The molecule has 0 bridgehead atoms. The predicted octanol–water partition coefficient (Wildman–Crippen LogP) is 11.1. The Kier molecular flexibility index (Phi) is 7.24. The molecule has 0 aromatic heterocycles. The fourth-order valence-electron chi connectivity index (χ4n) is 4.87. The van der Waals surface area contributed by atoms with Gasteiger partial charge in [-0.25, -0.2) is 0 Å². The zero-order valence-corrected chi connectivity index (χ0v) is 22.9. The SMILES string of the molecule is Brc1cc(N(c2ccccc2)c2ccccc2)ccc1-c1ccc(N(c2ccccc2)c2ccccc2)cc1. The third kappa shape index (κ3) is 5.36. The van der Waals surface area contributed by atoms with E-state index in [0.29, 0.717) is 0 Å². The molecule has 6 aromatic rings. The Morgan fingerprint density at radius 2 is 0.667 bits per heavy atom. The fraction of sp³-hybridized carbons (Fsp3) is 0. The molecular weight excluding hydrogens is 540 g/mol. The zero-order valence-electron chi connectivity index (χ0n) is 21.4. The Morgan fingerprint density at radius 1 is 0.333 bits per heavy atom. The maximum atomic E-state index is 3.88. The summed E-state index contributed by atoms with van der Waals surface area (Å²) >= 11 is 3.88. The second-order valence-corrected chi connectivity index (χ2v) is 10.1. The van der Waals surface area contributed by atoms with Crippen molar-refractivity contribution in [2.75, 3.05) is 9.80 Å².